The topological polar surface area (TPSA) is 103 Å². The van der Waals surface area contributed by atoms with Gasteiger partial charge in [0.15, 0.2) is 0 Å². The lowest BCUT2D eigenvalue weighted by molar-refractivity contribution is -0.384. The molecule has 9 heteroatoms. The molecule has 1 heterocycles. The Labute approximate surface area is 142 Å². The summed E-state index contributed by atoms with van der Waals surface area (Å²) in [6.45, 7) is 5.63. The zero-order chi connectivity index (χ0) is 17.9. The van der Waals surface area contributed by atoms with Crippen LogP contribution in [0.4, 0.5) is 5.69 Å². The number of aromatic nitrogens is 3. The number of benzene rings is 1. The van der Waals surface area contributed by atoms with Gasteiger partial charge in [-0.15, -0.1) is 10.2 Å². The van der Waals surface area contributed by atoms with Gasteiger partial charge >= 0.3 is 0 Å². The molecule has 0 amide bonds. The minimum Gasteiger partial charge on any atom is -0.265 e. The van der Waals surface area contributed by atoms with Gasteiger partial charge in [0.25, 0.3) is 11.2 Å². The minimum atomic E-state index is -0.473. The Morgan fingerprint density at radius 1 is 1.25 bits per heavy atom. The lowest BCUT2D eigenvalue weighted by atomic mass is 9.93. The molecule has 0 aliphatic heterocycles. The Hall–Kier alpha value is -2.55. The third-order valence-corrected chi connectivity index (χ3v) is 3.75. The second-order valence-corrected chi connectivity index (χ2v) is 6.77. The fourth-order valence-electron chi connectivity index (χ4n) is 1.87. The predicted octanol–water partition coefficient (Wildman–Crippen LogP) is 2.45. The molecule has 0 spiro atoms. The number of non-ortho nitro benzene ring substituents is 1. The first-order valence-corrected chi connectivity index (χ1v) is 8.29. The summed E-state index contributed by atoms with van der Waals surface area (Å²) in [5, 5.41) is 23.3. The van der Waals surface area contributed by atoms with Crippen LogP contribution >= 0.6 is 11.8 Å². The summed E-state index contributed by atoms with van der Waals surface area (Å²) < 4.78 is 1.19. The monoisotopic (exact) mass is 347 g/mol. The van der Waals surface area contributed by atoms with Gasteiger partial charge in [-0.3, -0.25) is 14.9 Å². The number of nitro benzene ring substituents is 1. The smallest absolute Gasteiger partial charge is 0.265 e. The van der Waals surface area contributed by atoms with Crippen molar-refractivity contribution >= 4 is 23.7 Å². The van der Waals surface area contributed by atoms with Crippen molar-refractivity contribution in [3.05, 3.63) is 56.0 Å². The van der Waals surface area contributed by atoms with E-state index in [1.165, 1.54) is 34.8 Å². The van der Waals surface area contributed by atoms with E-state index in [1.807, 2.05) is 20.8 Å². The lowest BCUT2D eigenvalue weighted by Gasteiger charge is -2.16. The van der Waals surface area contributed by atoms with Gasteiger partial charge in [0.05, 0.1) is 11.1 Å². The van der Waals surface area contributed by atoms with Crippen molar-refractivity contribution < 1.29 is 4.92 Å². The standard InChI is InChI=1S/C15H17N5O3S/c1-15(2,3)12-13(21)19(14(24-4)18-17-12)16-9-10-5-7-11(8-6-10)20(22)23/h5-9H,1-4H3/b16-9-. The van der Waals surface area contributed by atoms with E-state index < -0.39 is 10.3 Å². The fourth-order valence-corrected chi connectivity index (χ4v) is 2.30. The highest BCUT2D eigenvalue weighted by molar-refractivity contribution is 7.98. The average molecular weight is 347 g/mol. The highest BCUT2D eigenvalue weighted by Crippen LogP contribution is 2.17. The molecule has 0 atom stereocenters. The van der Waals surface area contributed by atoms with E-state index in [-0.39, 0.29) is 11.2 Å². The molecule has 0 fully saturated rings. The highest BCUT2D eigenvalue weighted by atomic mass is 32.2. The highest BCUT2D eigenvalue weighted by Gasteiger charge is 2.23. The first-order chi connectivity index (χ1) is 11.2. The molecule has 8 nitrogen and oxygen atoms in total. The van der Waals surface area contributed by atoms with E-state index in [0.29, 0.717) is 16.4 Å². The van der Waals surface area contributed by atoms with E-state index in [1.54, 1.807) is 18.4 Å². The first kappa shape index (κ1) is 17.8. The van der Waals surface area contributed by atoms with E-state index >= 15 is 0 Å². The maximum absolute atomic E-state index is 12.6. The number of nitro groups is 1. The van der Waals surface area contributed by atoms with Crippen molar-refractivity contribution in [3.8, 4) is 0 Å². The largest absolute Gasteiger partial charge is 0.297 e. The van der Waals surface area contributed by atoms with Crippen LogP contribution in [-0.2, 0) is 5.41 Å². The SMILES string of the molecule is CSc1nnc(C(C)(C)C)c(=O)n1/N=C\c1ccc([N+](=O)[O-])cc1. The average Bonchev–Trinajstić information content (AvgIpc) is 2.52. The Balaban J connectivity index is 2.44. The molecule has 0 bridgehead atoms. The molecule has 2 aromatic rings. The number of hydrogen-bond donors (Lipinski definition) is 0. The molecule has 1 aromatic heterocycles. The van der Waals surface area contributed by atoms with Crippen molar-refractivity contribution in [3.63, 3.8) is 0 Å². The van der Waals surface area contributed by atoms with Gasteiger partial charge in [0, 0.05) is 17.5 Å². The van der Waals surface area contributed by atoms with Crippen molar-refractivity contribution in [2.45, 2.75) is 31.3 Å². The molecular formula is C15H17N5O3S. The Kier molecular flexibility index (Phi) is 5.13. The normalized spacial score (nSPS) is 11.8. The number of nitrogens with zero attached hydrogens (tertiary/aromatic N) is 5. The van der Waals surface area contributed by atoms with Crippen LogP contribution in [-0.4, -0.2) is 32.3 Å². The minimum absolute atomic E-state index is 0.00489. The van der Waals surface area contributed by atoms with Gasteiger partial charge in [-0.2, -0.15) is 9.78 Å². The summed E-state index contributed by atoms with van der Waals surface area (Å²) in [5.74, 6) is 0. The van der Waals surface area contributed by atoms with E-state index in [4.69, 9.17) is 0 Å². The third-order valence-electron chi connectivity index (χ3n) is 3.13. The zero-order valence-electron chi connectivity index (χ0n) is 13.8. The van der Waals surface area contributed by atoms with Crippen LogP contribution in [0.25, 0.3) is 0 Å². The molecule has 126 valence electrons. The predicted molar refractivity (Wildman–Crippen MR) is 92.9 cm³/mol. The number of rotatable bonds is 4. The van der Waals surface area contributed by atoms with Crippen LogP contribution in [0.3, 0.4) is 0 Å². The van der Waals surface area contributed by atoms with Gasteiger partial charge in [0.2, 0.25) is 5.16 Å². The number of thioether (sulfide) groups is 1. The van der Waals surface area contributed by atoms with Crippen LogP contribution in [0, 0.1) is 10.1 Å². The summed E-state index contributed by atoms with van der Waals surface area (Å²) in [5.41, 5.74) is 0.163. The third kappa shape index (κ3) is 3.85. The fraction of sp³-hybridized carbons (Fsp3) is 0.333. The van der Waals surface area contributed by atoms with Gasteiger partial charge < -0.3 is 0 Å². The summed E-state index contributed by atoms with van der Waals surface area (Å²) in [4.78, 5) is 22.8. The van der Waals surface area contributed by atoms with E-state index in [0.717, 1.165) is 0 Å². The van der Waals surface area contributed by atoms with Crippen molar-refractivity contribution in [1.29, 1.82) is 0 Å². The lowest BCUT2D eigenvalue weighted by Crippen LogP contribution is -2.32. The van der Waals surface area contributed by atoms with Crippen molar-refractivity contribution in [2.24, 2.45) is 5.10 Å². The Bertz CT molecular complexity index is 838. The molecule has 0 N–H and O–H groups in total. The van der Waals surface area contributed by atoms with Crippen LogP contribution in [0.15, 0.2) is 39.3 Å². The Morgan fingerprint density at radius 2 is 1.88 bits per heavy atom. The summed E-state index contributed by atoms with van der Waals surface area (Å²) >= 11 is 1.26. The van der Waals surface area contributed by atoms with Gasteiger partial charge in [0.1, 0.15) is 5.69 Å². The van der Waals surface area contributed by atoms with Crippen LogP contribution in [0.2, 0.25) is 0 Å². The molecule has 24 heavy (non-hydrogen) atoms. The molecular weight excluding hydrogens is 330 g/mol. The first-order valence-electron chi connectivity index (χ1n) is 7.07. The summed E-state index contributed by atoms with van der Waals surface area (Å²) in [6.07, 6.45) is 3.23. The van der Waals surface area contributed by atoms with Gasteiger partial charge in [-0.05, 0) is 24.0 Å². The van der Waals surface area contributed by atoms with Crippen LogP contribution in [0.5, 0.6) is 0 Å². The molecule has 0 saturated carbocycles. The molecule has 0 aliphatic rings. The van der Waals surface area contributed by atoms with E-state index in [9.17, 15) is 14.9 Å². The Morgan fingerprint density at radius 3 is 2.38 bits per heavy atom. The number of hydrogen-bond acceptors (Lipinski definition) is 7. The molecule has 2 rings (SSSR count). The molecule has 0 aliphatic carbocycles. The quantitative estimate of drug-likeness (QED) is 0.364. The summed E-state index contributed by atoms with van der Waals surface area (Å²) in [7, 11) is 0. The van der Waals surface area contributed by atoms with Gasteiger partial charge in [-0.25, -0.2) is 0 Å². The van der Waals surface area contributed by atoms with Gasteiger partial charge in [-0.1, -0.05) is 32.5 Å². The van der Waals surface area contributed by atoms with E-state index in [2.05, 4.69) is 15.3 Å². The van der Waals surface area contributed by atoms with Crippen LogP contribution < -0.4 is 5.56 Å². The van der Waals surface area contributed by atoms with Crippen molar-refractivity contribution in [1.82, 2.24) is 14.9 Å². The van der Waals surface area contributed by atoms with Crippen LogP contribution in [0.1, 0.15) is 32.0 Å². The summed E-state index contributed by atoms with van der Waals surface area (Å²) in [6, 6.07) is 5.88. The molecule has 0 radical (unpaired) electrons. The van der Waals surface area contributed by atoms with Crippen molar-refractivity contribution in [2.75, 3.05) is 6.26 Å². The second-order valence-electron chi connectivity index (χ2n) is 6.00. The maximum Gasteiger partial charge on any atom is 0.297 e. The molecule has 1 aromatic carbocycles. The zero-order valence-corrected chi connectivity index (χ0v) is 14.6. The maximum atomic E-state index is 12.6. The molecule has 0 unspecified atom stereocenters. The molecule has 0 saturated heterocycles. The second kappa shape index (κ2) is 6.91.